The van der Waals surface area contributed by atoms with Crippen molar-refractivity contribution in [2.24, 2.45) is 0 Å². The van der Waals surface area contributed by atoms with Crippen molar-refractivity contribution in [3.8, 4) is 0 Å². The van der Waals surface area contributed by atoms with Gasteiger partial charge in [-0.3, -0.25) is 0 Å². The second kappa shape index (κ2) is 1.95. The molecule has 0 fully saturated rings. The summed E-state index contributed by atoms with van der Waals surface area (Å²) in [6.45, 7) is 0. The lowest BCUT2D eigenvalue weighted by Gasteiger charge is -1.99. The Labute approximate surface area is 57.7 Å². The second-order valence-corrected chi connectivity index (χ2v) is 2.92. The maximum Gasteiger partial charge on any atom is 0.139 e. The first-order valence-electron chi connectivity index (χ1n) is 2.83. The molecule has 2 rings (SSSR count). The van der Waals surface area contributed by atoms with Gasteiger partial charge >= 0.3 is 0 Å². The largest absolute Gasteiger partial charge is 0.464 e. The van der Waals surface area contributed by atoms with Gasteiger partial charge in [-0.15, -0.1) is 11.8 Å². The highest BCUT2D eigenvalue weighted by Gasteiger charge is 2.05. The maximum atomic E-state index is 5.15. The summed E-state index contributed by atoms with van der Waals surface area (Å²) in [4.78, 5) is 1.26. The van der Waals surface area contributed by atoms with Crippen LogP contribution in [0.4, 0.5) is 0 Å². The highest BCUT2D eigenvalue weighted by Crippen LogP contribution is 2.28. The van der Waals surface area contributed by atoms with E-state index in [0.717, 1.165) is 11.5 Å². The van der Waals surface area contributed by atoms with Crippen LogP contribution >= 0.6 is 11.8 Å². The molecule has 9 heavy (non-hydrogen) atoms. The fourth-order valence-corrected chi connectivity index (χ4v) is 1.63. The standard InChI is InChI=1S/C7H6OS/c1-2-6-7(9-5-1)3-4-8-6/h1-4H,5H2. The van der Waals surface area contributed by atoms with Crippen molar-refractivity contribution in [1.82, 2.24) is 0 Å². The molecule has 1 aromatic rings. The van der Waals surface area contributed by atoms with Crippen LogP contribution in [-0.4, -0.2) is 5.75 Å². The minimum Gasteiger partial charge on any atom is -0.464 e. The average molecular weight is 138 g/mol. The molecule has 0 spiro atoms. The molecular weight excluding hydrogens is 132 g/mol. The molecule has 0 amide bonds. The number of thioether (sulfide) groups is 1. The summed E-state index contributed by atoms with van der Waals surface area (Å²) in [6, 6.07) is 2.00. The normalized spacial score (nSPS) is 15.6. The lowest BCUT2D eigenvalue weighted by Crippen LogP contribution is -1.79. The lowest BCUT2D eigenvalue weighted by atomic mass is 10.4. The zero-order valence-corrected chi connectivity index (χ0v) is 5.65. The molecule has 2 heterocycles. The van der Waals surface area contributed by atoms with Crippen molar-refractivity contribution >= 4 is 17.8 Å². The molecular formula is C7H6OS. The Balaban J connectivity index is 2.53. The Bertz CT molecular complexity index is 237. The lowest BCUT2D eigenvalue weighted by molar-refractivity contribution is 0.550. The molecule has 0 saturated heterocycles. The molecule has 1 aromatic heterocycles. The first-order chi connectivity index (χ1) is 4.47. The third kappa shape index (κ3) is 0.793. The summed E-state index contributed by atoms with van der Waals surface area (Å²) in [7, 11) is 0. The number of hydrogen-bond donors (Lipinski definition) is 0. The molecule has 2 heteroatoms. The summed E-state index contributed by atoms with van der Waals surface area (Å²) >= 11 is 1.81. The SMILES string of the molecule is C1=Cc2occc2SC1. The fourth-order valence-electron chi connectivity index (χ4n) is 0.843. The third-order valence-corrected chi connectivity index (χ3v) is 2.27. The van der Waals surface area contributed by atoms with Crippen molar-refractivity contribution in [3.63, 3.8) is 0 Å². The van der Waals surface area contributed by atoms with Crippen LogP contribution in [-0.2, 0) is 0 Å². The van der Waals surface area contributed by atoms with Crippen LogP contribution in [0.25, 0.3) is 6.08 Å². The van der Waals surface area contributed by atoms with E-state index < -0.39 is 0 Å². The summed E-state index contributed by atoms with van der Waals surface area (Å²) in [5.74, 6) is 2.08. The molecule has 1 aliphatic heterocycles. The number of rotatable bonds is 0. The van der Waals surface area contributed by atoms with Crippen LogP contribution in [0, 0.1) is 0 Å². The molecule has 0 N–H and O–H groups in total. The molecule has 1 nitrogen and oxygen atoms in total. The third-order valence-electron chi connectivity index (χ3n) is 1.26. The minimum absolute atomic E-state index is 1.01. The monoisotopic (exact) mass is 138 g/mol. The van der Waals surface area contributed by atoms with Gasteiger partial charge in [0.25, 0.3) is 0 Å². The van der Waals surface area contributed by atoms with Crippen molar-refractivity contribution in [2.45, 2.75) is 4.90 Å². The minimum atomic E-state index is 1.01. The van der Waals surface area contributed by atoms with Crippen LogP contribution in [0.1, 0.15) is 5.76 Å². The van der Waals surface area contributed by atoms with Crippen LogP contribution in [0.3, 0.4) is 0 Å². The van der Waals surface area contributed by atoms with E-state index in [2.05, 4.69) is 6.08 Å². The van der Waals surface area contributed by atoms with Gasteiger partial charge in [-0.05, 0) is 12.1 Å². The van der Waals surface area contributed by atoms with E-state index in [9.17, 15) is 0 Å². The van der Waals surface area contributed by atoms with Crippen LogP contribution in [0.5, 0.6) is 0 Å². The first kappa shape index (κ1) is 5.18. The molecule has 0 bridgehead atoms. The molecule has 0 radical (unpaired) electrons. The zero-order chi connectivity index (χ0) is 6.10. The van der Waals surface area contributed by atoms with E-state index >= 15 is 0 Å². The van der Waals surface area contributed by atoms with Gasteiger partial charge in [-0.25, -0.2) is 0 Å². The zero-order valence-electron chi connectivity index (χ0n) is 4.83. The number of furan rings is 1. The Morgan fingerprint density at radius 1 is 1.56 bits per heavy atom. The Hall–Kier alpha value is -0.630. The number of hydrogen-bond acceptors (Lipinski definition) is 2. The summed E-state index contributed by atoms with van der Waals surface area (Å²) in [5.41, 5.74) is 0. The van der Waals surface area contributed by atoms with E-state index in [1.165, 1.54) is 4.90 Å². The molecule has 0 saturated carbocycles. The topological polar surface area (TPSA) is 13.1 Å². The van der Waals surface area contributed by atoms with Gasteiger partial charge < -0.3 is 4.42 Å². The Morgan fingerprint density at radius 2 is 2.56 bits per heavy atom. The van der Waals surface area contributed by atoms with Gasteiger partial charge in [-0.2, -0.15) is 0 Å². The van der Waals surface area contributed by atoms with E-state index in [1.54, 1.807) is 6.26 Å². The van der Waals surface area contributed by atoms with E-state index in [1.807, 2.05) is 23.9 Å². The van der Waals surface area contributed by atoms with Gasteiger partial charge in [0.2, 0.25) is 0 Å². The first-order valence-corrected chi connectivity index (χ1v) is 3.82. The molecule has 0 aliphatic carbocycles. The smallest absolute Gasteiger partial charge is 0.139 e. The highest BCUT2D eigenvalue weighted by atomic mass is 32.2. The van der Waals surface area contributed by atoms with Gasteiger partial charge in [0.15, 0.2) is 0 Å². The Morgan fingerprint density at radius 3 is 3.44 bits per heavy atom. The van der Waals surface area contributed by atoms with E-state index in [-0.39, 0.29) is 0 Å². The van der Waals surface area contributed by atoms with Crippen molar-refractivity contribution in [2.75, 3.05) is 5.75 Å². The van der Waals surface area contributed by atoms with E-state index in [0.29, 0.717) is 0 Å². The summed E-state index contributed by atoms with van der Waals surface area (Å²) < 4.78 is 5.15. The van der Waals surface area contributed by atoms with Crippen molar-refractivity contribution < 1.29 is 4.42 Å². The molecule has 1 aliphatic rings. The van der Waals surface area contributed by atoms with Crippen LogP contribution < -0.4 is 0 Å². The predicted molar refractivity (Wildman–Crippen MR) is 38.5 cm³/mol. The predicted octanol–water partition coefficient (Wildman–Crippen LogP) is 2.40. The molecule has 0 unspecified atom stereocenters. The summed E-state index contributed by atoms with van der Waals surface area (Å²) in [5, 5.41) is 0. The average Bonchev–Trinajstić information content (AvgIpc) is 2.33. The van der Waals surface area contributed by atoms with Gasteiger partial charge in [0.05, 0.1) is 11.2 Å². The molecule has 0 atom stereocenters. The van der Waals surface area contributed by atoms with E-state index in [4.69, 9.17) is 4.42 Å². The van der Waals surface area contributed by atoms with Gasteiger partial charge in [0, 0.05) is 5.75 Å². The number of fused-ring (bicyclic) bond motifs is 1. The highest BCUT2D eigenvalue weighted by molar-refractivity contribution is 7.99. The van der Waals surface area contributed by atoms with Gasteiger partial charge in [0.1, 0.15) is 5.76 Å². The van der Waals surface area contributed by atoms with Gasteiger partial charge in [-0.1, -0.05) is 6.08 Å². The second-order valence-electron chi connectivity index (χ2n) is 1.86. The Kier molecular flexibility index (Phi) is 1.12. The maximum absolute atomic E-state index is 5.15. The fraction of sp³-hybridized carbons (Fsp3) is 0.143. The van der Waals surface area contributed by atoms with Crippen molar-refractivity contribution in [3.05, 3.63) is 24.2 Å². The molecule has 46 valence electrons. The molecule has 0 aromatic carbocycles. The van der Waals surface area contributed by atoms with Crippen molar-refractivity contribution in [1.29, 1.82) is 0 Å². The van der Waals surface area contributed by atoms with Crippen LogP contribution in [0.15, 0.2) is 27.7 Å². The quantitative estimate of drug-likeness (QED) is 0.546. The van der Waals surface area contributed by atoms with Crippen LogP contribution in [0.2, 0.25) is 0 Å². The summed E-state index contributed by atoms with van der Waals surface area (Å²) in [6.07, 6.45) is 5.86.